The zero-order valence-electron chi connectivity index (χ0n) is 14.3. The third kappa shape index (κ3) is 2.63. The van der Waals surface area contributed by atoms with Crippen LogP contribution < -0.4 is 4.74 Å². The van der Waals surface area contributed by atoms with Gasteiger partial charge in [-0.1, -0.05) is 30.3 Å². The highest BCUT2D eigenvalue weighted by atomic mass is 16.5. The molecule has 0 atom stereocenters. The van der Waals surface area contributed by atoms with E-state index in [0.717, 1.165) is 16.9 Å². The monoisotopic (exact) mass is 348 g/mol. The predicted octanol–water partition coefficient (Wildman–Crippen LogP) is 2.88. The van der Waals surface area contributed by atoms with Crippen LogP contribution in [0.15, 0.2) is 48.5 Å². The zero-order valence-corrected chi connectivity index (χ0v) is 14.3. The van der Waals surface area contributed by atoms with Crippen molar-refractivity contribution in [2.45, 2.75) is 6.61 Å². The summed E-state index contributed by atoms with van der Waals surface area (Å²) in [4.78, 5) is 16.5. The maximum absolute atomic E-state index is 11.9. The van der Waals surface area contributed by atoms with Gasteiger partial charge < -0.3 is 14.0 Å². The summed E-state index contributed by atoms with van der Waals surface area (Å²) in [6, 6.07) is 15.2. The van der Waals surface area contributed by atoms with Crippen molar-refractivity contribution in [3.05, 3.63) is 60.0 Å². The van der Waals surface area contributed by atoms with Crippen LogP contribution in [0, 0.1) is 0 Å². The van der Waals surface area contributed by atoms with E-state index in [-0.39, 0.29) is 12.3 Å². The molecule has 0 spiro atoms. The Morgan fingerprint density at radius 3 is 2.54 bits per heavy atom. The second-order valence-corrected chi connectivity index (χ2v) is 5.76. The van der Waals surface area contributed by atoms with E-state index in [1.54, 1.807) is 6.07 Å². The number of carbonyl (C=O) groups is 1. The average molecular weight is 348 g/mol. The number of imidazole rings is 1. The van der Waals surface area contributed by atoms with Crippen LogP contribution in [0.2, 0.25) is 0 Å². The number of ether oxygens (including phenoxy) is 2. The van der Waals surface area contributed by atoms with Gasteiger partial charge in [0.15, 0.2) is 5.69 Å². The summed E-state index contributed by atoms with van der Waals surface area (Å²) in [5.74, 6) is 0.588. The SMILES string of the molecule is COC(=O)c1nnc(OCc2nc3ccccc3n2C)c2ccccc12. The highest BCUT2D eigenvalue weighted by Crippen LogP contribution is 2.26. The molecule has 0 fully saturated rings. The lowest BCUT2D eigenvalue weighted by Gasteiger charge is -2.09. The van der Waals surface area contributed by atoms with Crippen molar-refractivity contribution in [3.8, 4) is 5.88 Å². The van der Waals surface area contributed by atoms with Gasteiger partial charge in [0.2, 0.25) is 5.88 Å². The Morgan fingerprint density at radius 1 is 1.04 bits per heavy atom. The molecule has 26 heavy (non-hydrogen) atoms. The molecule has 0 amide bonds. The molecule has 0 bridgehead atoms. The summed E-state index contributed by atoms with van der Waals surface area (Å²) in [7, 11) is 3.26. The molecular formula is C19H16N4O3. The number of hydrogen-bond donors (Lipinski definition) is 0. The van der Waals surface area contributed by atoms with Gasteiger partial charge in [0.25, 0.3) is 0 Å². The molecule has 0 saturated carbocycles. The van der Waals surface area contributed by atoms with Crippen LogP contribution >= 0.6 is 0 Å². The highest BCUT2D eigenvalue weighted by Gasteiger charge is 2.17. The lowest BCUT2D eigenvalue weighted by atomic mass is 10.1. The average Bonchev–Trinajstić information content (AvgIpc) is 3.01. The molecular weight excluding hydrogens is 332 g/mol. The van der Waals surface area contributed by atoms with Crippen LogP contribution in [0.25, 0.3) is 21.8 Å². The molecule has 0 unspecified atom stereocenters. The minimum absolute atomic E-state index is 0.165. The summed E-state index contributed by atoms with van der Waals surface area (Å²) >= 11 is 0. The molecule has 0 radical (unpaired) electrons. The summed E-state index contributed by atoms with van der Waals surface area (Å²) < 4.78 is 12.6. The van der Waals surface area contributed by atoms with Crippen LogP contribution in [0.5, 0.6) is 5.88 Å². The van der Waals surface area contributed by atoms with Crippen LogP contribution in [0.4, 0.5) is 0 Å². The first-order chi connectivity index (χ1) is 12.7. The summed E-state index contributed by atoms with van der Waals surface area (Å²) in [5, 5.41) is 9.37. The standard InChI is InChI=1S/C19H16N4O3/c1-23-15-10-6-5-9-14(15)20-16(23)11-26-18-13-8-4-3-7-12(13)17(21-22-18)19(24)25-2/h3-10H,11H2,1-2H3. The third-order valence-electron chi connectivity index (χ3n) is 4.25. The number of para-hydroxylation sites is 2. The van der Waals surface area contributed by atoms with E-state index in [4.69, 9.17) is 9.47 Å². The molecule has 4 aromatic rings. The van der Waals surface area contributed by atoms with Crippen LogP contribution in [-0.4, -0.2) is 32.8 Å². The maximum atomic E-state index is 11.9. The van der Waals surface area contributed by atoms with Crippen molar-refractivity contribution in [2.75, 3.05) is 7.11 Å². The largest absolute Gasteiger partial charge is 0.468 e. The van der Waals surface area contributed by atoms with E-state index in [2.05, 4.69) is 15.2 Å². The van der Waals surface area contributed by atoms with Gasteiger partial charge in [-0.05, 0) is 18.2 Å². The molecule has 7 heteroatoms. The number of esters is 1. The molecule has 2 aromatic heterocycles. The fourth-order valence-corrected chi connectivity index (χ4v) is 2.89. The smallest absolute Gasteiger partial charge is 0.359 e. The number of carbonyl (C=O) groups excluding carboxylic acids is 1. The van der Waals surface area contributed by atoms with Crippen molar-refractivity contribution in [1.29, 1.82) is 0 Å². The normalized spacial score (nSPS) is 11.0. The summed E-state index contributed by atoms with van der Waals surface area (Å²) in [6.45, 7) is 0.238. The quantitative estimate of drug-likeness (QED) is 0.528. The van der Waals surface area contributed by atoms with Crippen LogP contribution in [-0.2, 0) is 18.4 Å². The molecule has 0 aliphatic carbocycles. The lowest BCUT2D eigenvalue weighted by Crippen LogP contribution is -2.09. The van der Waals surface area contributed by atoms with Gasteiger partial charge in [0.05, 0.1) is 18.1 Å². The molecule has 0 saturated heterocycles. The highest BCUT2D eigenvalue weighted by molar-refractivity contribution is 6.03. The lowest BCUT2D eigenvalue weighted by molar-refractivity contribution is 0.0595. The molecule has 7 nitrogen and oxygen atoms in total. The first-order valence-electron chi connectivity index (χ1n) is 8.06. The van der Waals surface area contributed by atoms with Crippen molar-refractivity contribution < 1.29 is 14.3 Å². The van der Waals surface area contributed by atoms with E-state index in [1.807, 2.05) is 54.1 Å². The van der Waals surface area contributed by atoms with Gasteiger partial charge in [-0.25, -0.2) is 9.78 Å². The number of rotatable bonds is 4. The Hall–Kier alpha value is -3.48. The van der Waals surface area contributed by atoms with Crippen molar-refractivity contribution in [1.82, 2.24) is 19.7 Å². The van der Waals surface area contributed by atoms with Crippen molar-refractivity contribution >= 4 is 27.8 Å². The fraction of sp³-hybridized carbons (Fsp3) is 0.158. The minimum Gasteiger partial charge on any atom is -0.468 e. The molecule has 4 rings (SSSR count). The van der Waals surface area contributed by atoms with Gasteiger partial charge in [-0.15, -0.1) is 10.2 Å². The number of benzene rings is 2. The Labute approximate surface area is 149 Å². The molecule has 0 aliphatic heterocycles. The molecule has 2 heterocycles. The third-order valence-corrected chi connectivity index (χ3v) is 4.25. The number of aromatic nitrogens is 4. The van der Waals surface area contributed by atoms with Gasteiger partial charge >= 0.3 is 5.97 Å². The molecule has 130 valence electrons. The fourth-order valence-electron chi connectivity index (χ4n) is 2.89. The van der Waals surface area contributed by atoms with Gasteiger partial charge in [0.1, 0.15) is 12.4 Å². The Bertz CT molecular complexity index is 1120. The number of methoxy groups -OCH3 is 1. The van der Waals surface area contributed by atoms with E-state index < -0.39 is 5.97 Å². The van der Waals surface area contributed by atoms with Gasteiger partial charge in [0, 0.05) is 17.8 Å². The van der Waals surface area contributed by atoms with E-state index in [9.17, 15) is 4.79 Å². The van der Waals surface area contributed by atoms with Crippen molar-refractivity contribution in [3.63, 3.8) is 0 Å². The Balaban J connectivity index is 1.69. The number of nitrogens with zero attached hydrogens (tertiary/aromatic N) is 4. The van der Waals surface area contributed by atoms with Crippen molar-refractivity contribution in [2.24, 2.45) is 7.05 Å². The number of hydrogen-bond acceptors (Lipinski definition) is 6. The Kier molecular flexibility index (Phi) is 3.96. The maximum Gasteiger partial charge on any atom is 0.359 e. The number of fused-ring (bicyclic) bond motifs is 2. The summed E-state index contributed by atoms with van der Waals surface area (Å²) in [6.07, 6.45) is 0. The van der Waals surface area contributed by atoms with E-state index >= 15 is 0 Å². The first kappa shape index (κ1) is 16.0. The Morgan fingerprint density at radius 2 is 1.77 bits per heavy atom. The molecule has 2 aromatic carbocycles. The second-order valence-electron chi connectivity index (χ2n) is 5.76. The van der Waals surface area contributed by atoms with E-state index in [1.165, 1.54) is 7.11 Å². The van der Waals surface area contributed by atoms with Crippen LogP contribution in [0.3, 0.4) is 0 Å². The topological polar surface area (TPSA) is 79.1 Å². The zero-order chi connectivity index (χ0) is 18.1. The van der Waals surface area contributed by atoms with Crippen LogP contribution in [0.1, 0.15) is 16.3 Å². The van der Waals surface area contributed by atoms with Gasteiger partial charge in [-0.3, -0.25) is 0 Å². The van der Waals surface area contributed by atoms with E-state index in [0.29, 0.717) is 16.7 Å². The predicted molar refractivity (Wildman–Crippen MR) is 95.9 cm³/mol. The first-order valence-corrected chi connectivity index (χ1v) is 8.06. The van der Waals surface area contributed by atoms with Gasteiger partial charge in [-0.2, -0.15) is 0 Å². The summed E-state index contributed by atoms with van der Waals surface area (Å²) in [5.41, 5.74) is 2.10. The molecule has 0 aliphatic rings. The minimum atomic E-state index is -0.532. The second kappa shape index (κ2) is 6.44. The number of aryl methyl sites for hydroxylation is 1. The molecule has 0 N–H and O–H groups in total.